The van der Waals surface area contributed by atoms with Gasteiger partial charge in [-0.2, -0.15) is 18.4 Å². The lowest BCUT2D eigenvalue weighted by Crippen LogP contribution is -2.11. The summed E-state index contributed by atoms with van der Waals surface area (Å²) in [6, 6.07) is 2.95. The molecule has 19 heavy (non-hydrogen) atoms. The number of hydrogen-bond acceptors (Lipinski definition) is 3. The minimum absolute atomic E-state index is 0.184. The number of rotatable bonds is 2. The van der Waals surface area contributed by atoms with Gasteiger partial charge in [0.15, 0.2) is 0 Å². The number of phenolic OH excluding ortho intramolecular Hbond substituents is 1. The molecule has 0 aromatic heterocycles. The summed E-state index contributed by atoms with van der Waals surface area (Å²) in [4.78, 5) is 11.3. The second kappa shape index (κ2) is 5.44. The molecular weight excluding hydrogens is 261 g/mol. The highest BCUT2D eigenvalue weighted by Crippen LogP contribution is 2.39. The SMILES string of the molecule is C/C=C\C(=O)Nc1ccc(C(F)(F)F)c(O)c1C#N. The largest absolute Gasteiger partial charge is 0.506 e. The maximum absolute atomic E-state index is 12.5. The third-order valence-corrected chi connectivity index (χ3v) is 2.17. The van der Waals surface area contributed by atoms with E-state index in [0.29, 0.717) is 6.07 Å². The number of alkyl halides is 3. The van der Waals surface area contributed by atoms with Gasteiger partial charge in [0.2, 0.25) is 5.91 Å². The number of benzene rings is 1. The van der Waals surface area contributed by atoms with Gasteiger partial charge in [-0.05, 0) is 25.1 Å². The molecule has 0 radical (unpaired) electrons. The molecule has 4 nitrogen and oxygen atoms in total. The molecule has 0 aliphatic heterocycles. The molecule has 1 aromatic carbocycles. The van der Waals surface area contributed by atoms with Crippen molar-refractivity contribution in [2.45, 2.75) is 13.1 Å². The number of anilines is 1. The van der Waals surface area contributed by atoms with Crippen molar-refractivity contribution in [1.29, 1.82) is 5.26 Å². The van der Waals surface area contributed by atoms with Crippen molar-refractivity contribution in [3.63, 3.8) is 0 Å². The molecule has 0 fully saturated rings. The van der Waals surface area contributed by atoms with Gasteiger partial charge < -0.3 is 10.4 Å². The summed E-state index contributed by atoms with van der Waals surface area (Å²) in [5, 5.41) is 20.4. The lowest BCUT2D eigenvalue weighted by Gasteiger charge is -2.12. The Morgan fingerprint density at radius 2 is 2.11 bits per heavy atom. The van der Waals surface area contributed by atoms with Crippen molar-refractivity contribution in [2.24, 2.45) is 0 Å². The first-order valence-corrected chi connectivity index (χ1v) is 5.08. The van der Waals surface area contributed by atoms with Gasteiger partial charge in [0.1, 0.15) is 17.4 Å². The second-order valence-electron chi connectivity index (χ2n) is 3.48. The van der Waals surface area contributed by atoms with Crippen molar-refractivity contribution in [3.05, 3.63) is 35.4 Å². The molecule has 0 unspecified atom stereocenters. The minimum Gasteiger partial charge on any atom is -0.506 e. The number of allylic oxidation sites excluding steroid dienone is 1. The molecule has 0 bridgehead atoms. The molecule has 0 aliphatic carbocycles. The second-order valence-corrected chi connectivity index (χ2v) is 3.48. The summed E-state index contributed by atoms with van der Waals surface area (Å²) in [7, 11) is 0. The predicted molar refractivity (Wildman–Crippen MR) is 61.3 cm³/mol. The van der Waals surface area contributed by atoms with E-state index >= 15 is 0 Å². The number of phenols is 1. The molecule has 1 aromatic rings. The Labute approximate surface area is 106 Å². The molecule has 1 amide bonds. The van der Waals surface area contributed by atoms with Crippen LogP contribution in [-0.2, 0) is 11.0 Å². The van der Waals surface area contributed by atoms with Gasteiger partial charge >= 0.3 is 6.18 Å². The average molecular weight is 270 g/mol. The standard InChI is InChI=1S/C12H9F3N2O2/c1-2-3-10(18)17-9-5-4-8(12(13,14)15)11(19)7(9)6-16/h2-5,19H,1H3,(H,17,18)/b3-2-. The molecular formula is C12H9F3N2O2. The first-order chi connectivity index (χ1) is 8.81. The lowest BCUT2D eigenvalue weighted by molar-refractivity contribution is -0.138. The topological polar surface area (TPSA) is 73.1 Å². The number of aromatic hydroxyl groups is 1. The van der Waals surface area contributed by atoms with Gasteiger partial charge in [-0.15, -0.1) is 0 Å². The minimum atomic E-state index is -4.78. The van der Waals surface area contributed by atoms with Crippen molar-refractivity contribution >= 4 is 11.6 Å². The van der Waals surface area contributed by atoms with Crippen LogP contribution in [0.2, 0.25) is 0 Å². The van der Waals surface area contributed by atoms with Gasteiger partial charge in [0, 0.05) is 0 Å². The smallest absolute Gasteiger partial charge is 0.420 e. The van der Waals surface area contributed by atoms with Crippen LogP contribution in [0.5, 0.6) is 5.75 Å². The first-order valence-electron chi connectivity index (χ1n) is 5.08. The quantitative estimate of drug-likeness (QED) is 0.811. The Kier molecular flexibility index (Phi) is 4.17. The molecule has 1 rings (SSSR count). The van der Waals surface area contributed by atoms with Crippen molar-refractivity contribution in [3.8, 4) is 11.8 Å². The van der Waals surface area contributed by atoms with Crippen LogP contribution < -0.4 is 5.32 Å². The summed E-state index contributed by atoms with van der Waals surface area (Å²) in [5.74, 6) is -1.81. The van der Waals surface area contributed by atoms with Crippen LogP contribution in [0.3, 0.4) is 0 Å². The Bertz CT molecular complexity index is 572. The summed E-state index contributed by atoms with van der Waals surface area (Å²) in [6.07, 6.45) is -2.22. The van der Waals surface area contributed by atoms with E-state index in [2.05, 4.69) is 5.32 Å². The highest BCUT2D eigenvalue weighted by Gasteiger charge is 2.35. The van der Waals surface area contributed by atoms with Crippen molar-refractivity contribution < 1.29 is 23.1 Å². The van der Waals surface area contributed by atoms with Crippen LogP contribution in [0.1, 0.15) is 18.1 Å². The van der Waals surface area contributed by atoms with Gasteiger partial charge in [0.05, 0.1) is 11.3 Å². The van der Waals surface area contributed by atoms with Crippen molar-refractivity contribution in [1.82, 2.24) is 0 Å². The lowest BCUT2D eigenvalue weighted by atomic mass is 10.1. The Hall–Kier alpha value is -2.49. The molecule has 7 heteroatoms. The molecule has 2 N–H and O–H groups in total. The van der Waals surface area contributed by atoms with Gasteiger partial charge in [-0.25, -0.2) is 0 Å². The number of nitrogens with one attached hydrogen (secondary N) is 1. The number of hydrogen-bond donors (Lipinski definition) is 2. The number of amides is 1. The van der Waals surface area contributed by atoms with E-state index in [0.717, 1.165) is 12.1 Å². The fraction of sp³-hybridized carbons (Fsp3) is 0.167. The average Bonchev–Trinajstić information content (AvgIpc) is 2.27. The third-order valence-electron chi connectivity index (χ3n) is 2.17. The van der Waals surface area contributed by atoms with E-state index in [-0.39, 0.29) is 5.69 Å². The normalized spacial score (nSPS) is 11.3. The van der Waals surface area contributed by atoms with Crippen LogP contribution in [-0.4, -0.2) is 11.0 Å². The molecule has 0 saturated heterocycles. The molecule has 0 aliphatic rings. The Morgan fingerprint density at radius 3 is 2.58 bits per heavy atom. The van der Waals surface area contributed by atoms with Gasteiger partial charge in [-0.1, -0.05) is 6.08 Å². The van der Waals surface area contributed by atoms with Crippen LogP contribution in [0, 0.1) is 11.3 Å². The van der Waals surface area contributed by atoms with E-state index in [1.54, 1.807) is 6.92 Å². The van der Waals surface area contributed by atoms with E-state index in [4.69, 9.17) is 5.26 Å². The van der Waals surface area contributed by atoms with Crippen LogP contribution in [0.15, 0.2) is 24.3 Å². The van der Waals surface area contributed by atoms with E-state index in [9.17, 15) is 23.1 Å². The van der Waals surface area contributed by atoms with E-state index in [1.807, 2.05) is 0 Å². The van der Waals surface area contributed by atoms with Crippen molar-refractivity contribution in [2.75, 3.05) is 5.32 Å². The summed E-state index contributed by atoms with van der Waals surface area (Å²) < 4.78 is 37.5. The van der Waals surface area contributed by atoms with Crippen LogP contribution in [0.25, 0.3) is 0 Å². The third kappa shape index (κ3) is 3.25. The maximum Gasteiger partial charge on any atom is 0.420 e. The number of nitrogens with zero attached hydrogens (tertiary/aromatic N) is 1. The highest BCUT2D eigenvalue weighted by atomic mass is 19.4. The van der Waals surface area contributed by atoms with Gasteiger partial charge in [0.25, 0.3) is 0 Å². The number of carbonyl (C=O) groups is 1. The Balaban J connectivity index is 3.28. The zero-order valence-electron chi connectivity index (χ0n) is 9.75. The van der Waals surface area contributed by atoms with Crippen LogP contribution in [0.4, 0.5) is 18.9 Å². The van der Waals surface area contributed by atoms with Crippen LogP contribution >= 0.6 is 0 Å². The summed E-state index contributed by atoms with van der Waals surface area (Å²) >= 11 is 0. The zero-order chi connectivity index (χ0) is 14.6. The molecule has 0 heterocycles. The highest BCUT2D eigenvalue weighted by molar-refractivity contribution is 6.00. The fourth-order valence-electron chi connectivity index (χ4n) is 1.36. The first kappa shape index (κ1) is 14.6. The fourth-order valence-corrected chi connectivity index (χ4v) is 1.36. The predicted octanol–water partition coefficient (Wildman–Crippen LogP) is 2.80. The van der Waals surface area contributed by atoms with E-state index in [1.165, 1.54) is 12.1 Å². The number of halogens is 3. The van der Waals surface area contributed by atoms with Gasteiger partial charge in [-0.3, -0.25) is 4.79 Å². The molecule has 0 spiro atoms. The monoisotopic (exact) mass is 270 g/mol. The number of nitriles is 1. The van der Waals surface area contributed by atoms with E-state index < -0.39 is 29.0 Å². The zero-order valence-corrected chi connectivity index (χ0v) is 9.75. The molecule has 0 saturated carbocycles. The Morgan fingerprint density at radius 1 is 1.47 bits per heavy atom. The summed E-state index contributed by atoms with van der Waals surface area (Å²) in [5.41, 5.74) is -2.14. The maximum atomic E-state index is 12.5. The number of carbonyl (C=O) groups excluding carboxylic acids is 1. The summed E-state index contributed by atoms with van der Waals surface area (Å²) in [6.45, 7) is 1.58. The molecule has 0 atom stereocenters. The molecule has 100 valence electrons.